The van der Waals surface area contributed by atoms with Crippen molar-refractivity contribution in [1.82, 2.24) is 15.2 Å². The largest absolute Gasteiger partial charge is 0.497 e. The summed E-state index contributed by atoms with van der Waals surface area (Å²) in [4.78, 5) is 22.1. The van der Waals surface area contributed by atoms with Crippen molar-refractivity contribution in [3.8, 4) is 5.75 Å². The normalized spacial score (nSPS) is 11.1. The van der Waals surface area contributed by atoms with Crippen molar-refractivity contribution in [2.75, 3.05) is 33.8 Å². The number of benzene rings is 1. The first-order valence-electron chi connectivity index (χ1n) is 8.89. The van der Waals surface area contributed by atoms with Crippen LogP contribution in [0.4, 0.5) is 0 Å². The fourth-order valence-corrected chi connectivity index (χ4v) is 2.41. The van der Waals surface area contributed by atoms with E-state index in [0.717, 1.165) is 17.9 Å². The van der Waals surface area contributed by atoms with Gasteiger partial charge in [-0.25, -0.2) is 4.99 Å². The molecule has 7 nitrogen and oxygen atoms in total. The molecule has 1 aromatic carbocycles. The van der Waals surface area contributed by atoms with Gasteiger partial charge >= 0.3 is 0 Å². The zero-order chi connectivity index (χ0) is 19.5. The van der Waals surface area contributed by atoms with Gasteiger partial charge in [0.2, 0.25) is 5.91 Å². The number of carbonyl (C=O) groups is 1. The molecule has 2 rings (SSSR count). The Morgan fingerprint density at radius 3 is 2.67 bits per heavy atom. The fraction of sp³-hybridized carbons (Fsp3) is 0.350. The maximum Gasteiger partial charge on any atom is 0.244 e. The van der Waals surface area contributed by atoms with Crippen molar-refractivity contribution in [1.29, 1.82) is 0 Å². The van der Waals surface area contributed by atoms with E-state index in [1.165, 1.54) is 5.56 Å². The summed E-state index contributed by atoms with van der Waals surface area (Å²) in [6.07, 6.45) is 3.26. The van der Waals surface area contributed by atoms with Crippen molar-refractivity contribution in [3.63, 3.8) is 0 Å². The predicted octanol–water partition coefficient (Wildman–Crippen LogP) is 1.24. The maximum atomic E-state index is 12.1. The minimum Gasteiger partial charge on any atom is -0.497 e. The highest BCUT2D eigenvalue weighted by molar-refractivity contribution is 5.83. The second kappa shape index (κ2) is 10.8. The Balaban J connectivity index is 1.67. The smallest absolute Gasteiger partial charge is 0.244 e. The van der Waals surface area contributed by atoms with E-state index in [1.54, 1.807) is 25.3 Å². The lowest BCUT2D eigenvalue weighted by Crippen LogP contribution is -2.36. The first-order valence-corrected chi connectivity index (χ1v) is 8.89. The number of likely N-dealkylation sites (N-methyl/N-ethyl adjacent to an activating group) is 1. The summed E-state index contributed by atoms with van der Waals surface area (Å²) in [6, 6.07) is 13.6. The summed E-state index contributed by atoms with van der Waals surface area (Å²) in [5, 5.41) is 3.03. The summed E-state index contributed by atoms with van der Waals surface area (Å²) in [5.41, 5.74) is 7.96. The van der Waals surface area contributed by atoms with Gasteiger partial charge in [0.1, 0.15) is 12.3 Å². The van der Waals surface area contributed by atoms with Gasteiger partial charge in [0.25, 0.3) is 0 Å². The van der Waals surface area contributed by atoms with Crippen LogP contribution in [-0.2, 0) is 17.6 Å². The first kappa shape index (κ1) is 20.2. The topological polar surface area (TPSA) is 92.8 Å². The summed E-state index contributed by atoms with van der Waals surface area (Å²) < 4.78 is 5.13. The Kier molecular flexibility index (Phi) is 8.09. The number of nitrogens with zero attached hydrogens (tertiary/aromatic N) is 3. The van der Waals surface area contributed by atoms with Crippen LogP contribution in [0.25, 0.3) is 0 Å². The lowest BCUT2D eigenvalue weighted by atomic mass is 10.1. The molecular weight excluding hydrogens is 342 g/mol. The van der Waals surface area contributed by atoms with Crippen molar-refractivity contribution < 1.29 is 9.53 Å². The van der Waals surface area contributed by atoms with Gasteiger partial charge in [-0.3, -0.25) is 9.78 Å². The number of amides is 1. The molecular formula is C20H27N5O2. The second-order valence-electron chi connectivity index (χ2n) is 6.11. The van der Waals surface area contributed by atoms with Crippen LogP contribution >= 0.6 is 0 Å². The summed E-state index contributed by atoms with van der Waals surface area (Å²) in [7, 11) is 3.40. The molecule has 0 saturated carbocycles. The third kappa shape index (κ3) is 7.35. The Morgan fingerprint density at radius 1 is 1.22 bits per heavy atom. The zero-order valence-corrected chi connectivity index (χ0v) is 15.9. The van der Waals surface area contributed by atoms with Gasteiger partial charge in [-0.1, -0.05) is 18.2 Å². The number of ether oxygens (including phenoxy) is 1. The van der Waals surface area contributed by atoms with Crippen molar-refractivity contribution in [2.45, 2.75) is 12.8 Å². The number of nitrogens with one attached hydrogen (secondary N) is 1. The number of pyridine rings is 1. The van der Waals surface area contributed by atoms with Gasteiger partial charge in [-0.2, -0.15) is 0 Å². The molecule has 0 fully saturated rings. The van der Waals surface area contributed by atoms with Crippen LogP contribution in [0, 0.1) is 0 Å². The molecule has 7 heteroatoms. The number of hydrogen-bond donors (Lipinski definition) is 2. The summed E-state index contributed by atoms with van der Waals surface area (Å²) >= 11 is 0. The highest BCUT2D eigenvalue weighted by Crippen LogP contribution is 2.11. The molecule has 0 aliphatic carbocycles. The monoisotopic (exact) mass is 369 g/mol. The molecule has 0 spiro atoms. The van der Waals surface area contributed by atoms with E-state index >= 15 is 0 Å². The number of nitrogens with two attached hydrogens (primary N) is 1. The number of carbonyl (C=O) groups excluding carboxylic acids is 1. The number of aromatic nitrogens is 1. The number of aliphatic imine (C=N–C) groups is 1. The van der Waals surface area contributed by atoms with Crippen molar-refractivity contribution in [3.05, 3.63) is 59.9 Å². The number of hydrogen-bond acceptors (Lipinski definition) is 4. The van der Waals surface area contributed by atoms with Crippen LogP contribution in [0.5, 0.6) is 5.75 Å². The van der Waals surface area contributed by atoms with E-state index < -0.39 is 0 Å². The van der Waals surface area contributed by atoms with Crippen LogP contribution in [0.15, 0.2) is 53.7 Å². The molecule has 0 aliphatic rings. The van der Waals surface area contributed by atoms with E-state index in [9.17, 15) is 4.79 Å². The van der Waals surface area contributed by atoms with E-state index in [1.807, 2.05) is 42.5 Å². The molecule has 0 atom stereocenters. The van der Waals surface area contributed by atoms with Crippen LogP contribution in [0.2, 0.25) is 0 Å². The molecule has 0 saturated heterocycles. The van der Waals surface area contributed by atoms with E-state index in [2.05, 4.69) is 15.3 Å². The first-order chi connectivity index (χ1) is 13.1. The number of rotatable bonds is 9. The second-order valence-corrected chi connectivity index (χ2v) is 6.11. The molecule has 144 valence electrons. The van der Waals surface area contributed by atoms with Gasteiger partial charge in [0.15, 0.2) is 5.96 Å². The SMILES string of the molecule is COc1ccc(CCNC(N)=NCC(=O)N(C)CCc2ccccn2)cc1. The van der Waals surface area contributed by atoms with Gasteiger partial charge in [-0.05, 0) is 36.2 Å². The average molecular weight is 369 g/mol. The lowest BCUT2D eigenvalue weighted by Gasteiger charge is -2.16. The number of guanidine groups is 1. The van der Waals surface area contributed by atoms with Crippen LogP contribution in [0.1, 0.15) is 11.3 Å². The fourth-order valence-electron chi connectivity index (χ4n) is 2.41. The average Bonchev–Trinajstić information content (AvgIpc) is 2.71. The minimum absolute atomic E-state index is 0.0279. The van der Waals surface area contributed by atoms with Crippen molar-refractivity contribution in [2.24, 2.45) is 10.7 Å². The lowest BCUT2D eigenvalue weighted by molar-refractivity contribution is -0.128. The molecule has 27 heavy (non-hydrogen) atoms. The molecule has 1 heterocycles. The Hall–Kier alpha value is -3.09. The summed E-state index contributed by atoms with van der Waals surface area (Å²) in [6.45, 7) is 1.27. The van der Waals surface area contributed by atoms with Crippen molar-refractivity contribution >= 4 is 11.9 Å². The molecule has 2 aromatic rings. The third-order valence-electron chi connectivity index (χ3n) is 4.12. The van der Waals surface area contributed by atoms with E-state index in [-0.39, 0.29) is 18.4 Å². The Morgan fingerprint density at radius 2 is 2.00 bits per heavy atom. The standard InChI is InChI=1S/C20H27N5O2/c1-25(14-11-17-5-3-4-12-22-17)19(26)15-24-20(21)23-13-10-16-6-8-18(27-2)9-7-16/h3-9,12H,10-11,13-15H2,1-2H3,(H3,21,23,24). The molecule has 0 aliphatic heterocycles. The summed E-state index contributed by atoms with van der Waals surface area (Å²) in [5.74, 6) is 1.03. The highest BCUT2D eigenvalue weighted by atomic mass is 16.5. The maximum absolute atomic E-state index is 12.1. The Labute approximate surface area is 160 Å². The molecule has 1 amide bonds. The molecule has 3 N–H and O–H groups in total. The van der Waals surface area contributed by atoms with Gasteiger partial charge in [0.05, 0.1) is 7.11 Å². The quantitative estimate of drug-likeness (QED) is 0.512. The highest BCUT2D eigenvalue weighted by Gasteiger charge is 2.08. The zero-order valence-electron chi connectivity index (χ0n) is 15.9. The minimum atomic E-state index is -0.0779. The van der Waals surface area contributed by atoms with Gasteiger partial charge in [-0.15, -0.1) is 0 Å². The van der Waals surface area contributed by atoms with Crippen LogP contribution in [-0.4, -0.2) is 55.5 Å². The van der Waals surface area contributed by atoms with Crippen LogP contribution in [0.3, 0.4) is 0 Å². The molecule has 0 unspecified atom stereocenters. The predicted molar refractivity (Wildman–Crippen MR) is 107 cm³/mol. The van der Waals surface area contributed by atoms with Gasteiger partial charge in [0, 0.05) is 38.4 Å². The third-order valence-corrected chi connectivity index (χ3v) is 4.12. The van der Waals surface area contributed by atoms with Gasteiger partial charge < -0.3 is 20.7 Å². The number of methoxy groups -OCH3 is 1. The molecule has 0 bridgehead atoms. The molecule has 1 aromatic heterocycles. The van der Waals surface area contributed by atoms with E-state index in [0.29, 0.717) is 19.5 Å². The Bertz CT molecular complexity index is 732. The molecule has 0 radical (unpaired) electrons. The van der Waals surface area contributed by atoms with Crippen LogP contribution < -0.4 is 15.8 Å². The van der Waals surface area contributed by atoms with E-state index in [4.69, 9.17) is 10.5 Å².